The van der Waals surface area contributed by atoms with Gasteiger partial charge in [-0.2, -0.15) is 0 Å². The summed E-state index contributed by atoms with van der Waals surface area (Å²) in [6, 6.07) is 4.46. The molecule has 1 aliphatic rings. The predicted octanol–water partition coefficient (Wildman–Crippen LogP) is 3.24. The number of Topliss-reactive ketones (excluding diaryl/α,β-unsaturated/α-hetero) is 1. The molecule has 0 saturated heterocycles. The number of aromatic nitrogens is 3. The number of pyridine rings is 1. The van der Waals surface area contributed by atoms with Crippen molar-refractivity contribution in [2.24, 2.45) is 0 Å². The molecule has 0 radical (unpaired) electrons. The highest BCUT2D eigenvalue weighted by Gasteiger charge is 2.19. The molecule has 1 aliphatic heterocycles. The van der Waals surface area contributed by atoms with Crippen LogP contribution in [0.1, 0.15) is 48.9 Å². The number of ether oxygens (including phenoxy) is 1. The van der Waals surface area contributed by atoms with Crippen LogP contribution >= 0.6 is 9.39 Å². The third kappa shape index (κ3) is 5.92. The third-order valence-corrected chi connectivity index (χ3v) is 5.56. The first-order valence-electron chi connectivity index (χ1n) is 10.0. The zero-order valence-corrected chi connectivity index (χ0v) is 18.5. The predicted molar refractivity (Wildman–Crippen MR) is 119 cm³/mol. The lowest BCUT2D eigenvalue weighted by molar-refractivity contribution is -0.118. The van der Waals surface area contributed by atoms with Crippen molar-refractivity contribution in [1.29, 1.82) is 0 Å². The van der Waals surface area contributed by atoms with Crippen LogP contribution in [0.15, 0.2) is 36.7 Å². The molecule has 3 heterocycles. The van der Waals surface area contributed by atoms with Crippen LogP contribution < -0.4 is 9.41 Å². The first-order chi connectivity index (χ1) is 14.5. The molecule has 7 nitrogen and oxygen atoms in total. The average Bonchev–Trinajstić information content (AvgIpc) is 3.11. The van der Waals surface area contributed by atoms with Crippen molar-refractivity contribution < 1.29 is 14.3 Å². The molecular weight excluding hydrogens is 399 g/mol. The Bertz CT molecular complexity index is 930. The molecule has 2 aromatic heterocycles. The van der Waals surface area contributed by atoms with E-state index in [4.69, 9.17) is 9.72 Å². The number of allylic oxidation sites excluding steroid dienone is 2. The van der Waals surface area contributed by atoms with Gasteiger partial charge in [-0.1, -0.05) is 12.1 Å². The van der Waals surface area contributed by atoms with E-state index < -0.39 is 0 Å². The number of carbonyl (C=O) groups is 2. The molecule has 158 valence electrons. The van der Waals surface area contributed by atoms with E-state index >= 15 is 0 Å². The lowest BCUT2D eigenvalue weighted by Gasteiger charge is -2.13. The van der Waals surface area contributed by atoms with E-state index in [-0.39, 0.29) is 36.3 Å². The number of fused-ring (bicyclic) bond motifs is 1. The summed E-state index contributed by atoms with van der Waals surface area (Å²) in [7, 11) is 4.20. The molecule has 0 bridgehead atoms. The van der Waals surface area contributed by atoms with Crippen LogP contribution in [-0.4, -0.2) is 40.2 Å². The zero-order chi connectivity index (χ0) is 21.5. The van der Waals surface area contributed by atoms with Crippen LogP contribution in [0, 0.1) is 0 Å². The zero-order valence-electron chi connectivity index (χ0n) is 17.4. The second-order valence-electron chi connectivity index (χ2n) is 7.45. The van der Waals surface area contributed by atoms with E-state index in [2.05, 4.69) is 36.2 Å². The Labute approximate surface area is 179 Å². The first kappa shape index (κ1) is 22.0. The highest BCUT2D eigenvalue weighted by Crippen LogP contribution is 2.28. The van der Waals surface area contributed by atoms with Gasteiger partial charge in [0.25, 0.3) is 0 Å². The van der Waals surface area contributed by atoms with E-state index in [0.29, 0.717) is 0 Å². The third-order valence-electron chi connectivity index (χ3n) is 5.06. The van der Waals surface area contributed by atoms with Crippen LogP contribution in [-0.2, 0) is 22.4 Å². The van der Waals surface area contributed by atoms with Gasteiger partial charge in [0.1, 0.15) is 11.6 Å². The first-order valence-corrected chi connectivity index (χ1v) is 10.5. The van der Waals surface area contributed by atoms with E-state index in [1.165, 1.54) is 19.6 Å². The standard InChI is InChI=1S/C22H27N4O3P/c1-15(27)11-17(18-13-23-22(29-2)24-14-18)12-20(28)6-4-3-5-19-8-7-16-9-10-26(30)21(16)25-19/h4,6-8,13-14,17H,3,5,9-12,30H2,1-2H3/b6-4+/t17-/m1/s1. The summed E-state index contributed by atoms with van der Waals surface area (Å²) in [6.07, 6.45) is 9.77. The number of methoxy groups -OCH3 is 1. The maximum Gasteiger partial charge on any atom is 0.316 e. The van der Waals surface area contributed by atoms with E-state index in [1.54, 1.807) is 18.5 Å². The minimum atomic E-state index is -0.239. The molecule has 2 atom stereocenters. The molecule has 0 spiro atoms. The Balaban J connectivity index is 1.55. The van der Waals surface area contributed by atoms with Gasteiger partial charge in [0, 0.05) is 43.4 Å². The number of ketones is 2. The van der Waals surface area contributed by atoms with E-state index in [0.717, 1.165) is 42.9 Å². The van der Waals surface area contributed by atoms with Crippen LogP contribution in [0.4, 0.5) is 5.82 Å². The molecule has 0 amide bonds. The fourth-order valence-electron chi connectivity index (χ4n) is 3.50. The van der Waals surface area contributed by atoms with Crippen LogP contribution in [0.5, 0.6) is 6.01 Å². The second kappa shape index (κ2) is 10.4. The Kier molecular flexibility index (Phi) is 7.63. The van der Waals surface area contributed by atoms with Gasteiger partial charge in [-0.15, -0.1) is 0 Å². The molecule has 3 rings (SSSR count). The fraction of sp³-hybridized carbons (Fsp3) is 0.409. The Morgan fingerprint density at radius 2 is 2.03 bits per heavy atom. The van der Waals surface area contributed by atoms with Crippen molar-refractivity contribution in [1.82, 2.24) is 15.0 Å². The summed E-state index contributed by atoms with van der Waals surface area (Å²) in [4.78, 5) is 37.0. The summed E-state index contributed by atoms with van der Waals surface area (Å²) in [5.41, 5.74) is 3.06. The molecule has 30 heavy (non-hydrogen) atoms. The van der Waals surface area contributed by atoms with Gasteiger partial charge >= 0.3 is 6.01 Å². The highest BCUT2D eigenvalue weighted by molar-refractivity contribution is 7.19. The fourth-order valence-corrected chi connectivity index (χ4v) is 3.85. The quantitative estimate of drug-likeness (QED) is 0.426. The Morgan fingerprint density at radius 1 is 1.27 bits per heavy atom. The lowest BCUT2D eigenvalue weighted by Crippen LogP contribution is -2.10. The van der Waals surface area contributed by atoms with Crippen LogP contribution in [0.2, 0.25) is 0 Å². The topological polar surface area (TPSA) is 85.3 Å². The molecule has 0 fully saturated rings. The molecule has 0 saturated carbocycles. The number of anilines is 1. The van der Waals surface area contributed by atoms with Crippen molar-refractivity contribution in [3.05, 3.63) is 53.5 Å². The van der Waals surface area contributed by atoms with Crippen molar-refractivity contribution in [2.75, 3.05) is 18.3 Å². The Hall–Kier alpha value is -2.66. The van der Waals surface area contributed by atoms with Gasteiger partial charge in [0.2, 0.25) is 0 Å². The van der Waals surface area contributed by atoms with Crippen molar-refractivity contribution in [3.8, 4) is 6.01 Å². The molecule has 0 aliphatic carbocycles. The number of hydrogen-bond donors (Lipinski definition) is 0. The smallest absolute Gasteiger partial charge is 0.316 e. The van der Waals surface area contributed by atoms with E-state index in [9.17, 15) is 9.59 Å². The summed E-state index contributed by atoms with van der Waals surface area (Å²) in [5, 5.41) is 0. The highest BCUT2D eigenvalue weighted by atomic mass is 31.0. The normalized spacial score (nSPS) is 14.0. The van der Waals surface area contributed by atoms with Gasteiger partial charge in [-0.3, -0.25) is 4.79 Å². The Morgan fingerprint density at radius 3 is 2.73 bits per heavy atom. The maximum absolute atomic E-state index is 12.5. The van der Waals surface area contributed by atoms with Gasteiger partial charge in [-0.25, -0.2) is 15.0 Å². The summed E-state index contributed by atoms with van der Waals surface area (Å²) < 4.78 is 7.06. The number of rotatable bonds is 10. The van der Waals surface area contributed by atoms with Crippen LogP contribution in [0.3, 0.4) is 0 Å². The van der Waals surface area contributed by atoms with Gasteiger partial charge in [-0.05, 0) is 58.8 Å². The van der Waals surface area contributed by atoms with Gasteiger partial charge in [0.15, 0.2) is 5.78 Å². The molecule has 8 heteroatoms. The summed E-state index contributed by atoms with van der Waals surface area (Å²) >= 11 is 0. The minimum Gasteiger partial charge on any atom is -0.467 e. The second-order valence-corrected chi connectivity index (χ2v) is 8.07. The summed E-state index contributed by atoms with van der Waals surface area (Å²) in [6.45, 7) is 2.50. The van der Waals surface area contributed by atoms with E-state index in [1.807, 2.05) is 6.08 Å². The van der Waals surface area contributed by atoms with Gasteiger partial charge in [0.05, 0.1) is 7.11 Å². The molecule has 0 aromatic carbocycles. The molecule has 0 N–H and O–H groups in total. The number of nitrogens with zero attached hydrogens (tertiary/aromatic N) is 4. The monoisotopic (exact) mass is 426 g/mol. The molecular formula is C22H27N4O3P. The number of aryl methyl sites for hydroxylation is 1. The average molecular weight is 426 g/mol. The largest absolute Gasteiger partial charge is 0.467 e. The lowest BCUT2D eigenvalue weighted by atomic mass is 9.91. The van der Waals surface area contributed by atoms with Crippen molar-refractivity contribution >= 4 is 26.8 Å². The number of carbonyl (C=O) groups excluding carboxylic acids is 2. The maximum atomic E-state index is 12.5. The molecule has 2 aromatic rings. The minimum absolute atomic E-state index is 0.0184. The summed E-state index contributed by atoms with van der Waals surface area (Å²) in [5.74, 6) is 0.803. The number of hydrogen-bond acceptors (Lipinski definition) is 7. The molecule has 1 unspecified atom stereocenters. The van der Waals surface area contributed by atoms with Crippen molar-refractivity contribution in [2.45, 2.75) is 44.9 Å². The SMILES string of the molecule is COc1ncc([C@H](CC(C)=O)CC(=O)/C=C/CCc2ccc3c(n2)N(P)CC3)cn1. The van der Waals surface area contributed by atoms with Gasteiger partial charge < -0.3 is 14.2 Å². The van der Waals surface area contributed by atoms with Crippen LogP contribution in [0.25, 0.3) is 0 Å². The van der Waals surface area contributed by atoms with Crippen molar-refractivity contribution in [3.63, 3.8) is 0 Å².